The van der Waals surface area contributed by atoms with E-state index >= 15 is 0 Å². The van der Waals surface area contributed by atoms with E-state index in [2.05, 4.69) is 12.2 Å². The highest BCUT2D eigenvalue weighted by molar-refractivity contribution is 4.72. The van der Waals surface area contributed by atoms with Crippen LogP contribution in [-0.4, -0.2) is 19.3 Å². The molecule has 0 saturated carbocycles. The van der Waals surface area contributed by atoms with Crippen LogP contribution >= 0.6 is 0 Å². The van der Waals surface area contributed by atoms with Gasteiger partial charge in [0.25, 0.3) is 0 Å². The van der Waals surface area contributed by atoms with Crippen LogP contribution in [0.15, 0.2) is 0 Å². The number of nitrogens with one attached hydrogen (secondary N) is 1. The molecule has 0 aromatic rings. The first kappa shape index (κ1) is 16.8. The molecular weight excluding hydrogens is 227 g/mol. The van der Waals surface area contributed by atoms with Gasteiger partial charge in [-0.15, -0.1) is 0 Å². The standard InChI is InChI=1S/C13H26F3N/c1-3-4-5-6-7-8-9-10-11-12(17-2)13(14,15)16/h12,17H,3-11H2,1-2H3. The Kier molecular flexibility index (Phi) is 9.60. The lowest BCUT2D eigenvalue weighted by molar-refractivity contribution is -0.156. The highest BCUT2D eigenvalue weighted by Gasteiger charge is 2.37. The molecule has 0 rings (SSSR count). The minimum atomic E-state index is -4.10. The molecule has 0 bridgehead atoms. The Balaban J connectivity index is 3.38. The summed E-state index contributed by atoms with van der Waals surface area (Å²) in [5.41, 5.74) is 0. The summed E-state index contributed by atoms with van der Waals surface area (Å²) in [6, 6.07) is -1.33. The molecule has 0 fully saturated rings. The predicted molar refractivity (Wildman–Crippen MR) is 66.1 cm³/mol. The van der Waals surface area contributed by atoms with Crippen LogP contribution in [0, 0.1) is 0 Å². The second-order valence-electron chi connectivity index (χ2n) is 4.65. The van der Waals surface area contributed by atoms with Crippen molar-refractivity contribution >= 4 is 0 Å². The first-order chi connectivity index (χ1) is 8.02. The molecule has 1 N–H and O–H groups in total. The van der Waals surface area contributed by atoms with E-state index in [1.54, 1.807) is 0 Å². The number of alkyl halides is 3. The Hall–Kier alpha value is -0.250. The fourth-order valence-electron chi connectivity index (χ4n) is 1.95. The van der Waals surface area contributed by atoms with E-state index in [0.717, 1.165) is 19.3 Å². The molecule has 0 heterocycles. The van der Waals surface area contributed by atoms with Crippen LogP contribution in [0.3, 0.4) is 0 Å². The van der Waals surface area contributed by atoms with Gasteiger partial charge < -0.3 is 5.32 Å². The maximum absolute atomic E-state index is 12.4. The van der Waals surface area contributed by atoms with Gasteiger partial charge in [-0.25, -0.2) is 0 Å². The van der Waals surface area contributed by atoms with E-state index in [9.17, 15) is 13.2 Å². The molecule has 1 atom stereocenters. The molecular formula is C13H26F3N. The predicted octanol–water partition coefficient (Wildman–Crippen LogP) is 4.67. The topological polar surface area (TPSA) is 12.0 Å². The van der Waals surface area contributed by atoms with Gasteiger partial charge in [-0.2, -0.15) is 13.2 Å². The zero-order chi connectivity index (χ0) is 13.1. The minimum Gasteiger partial charge on any atom is -0.309 e. The molecule has 0 saturated heterocycles. The van der Waals surface area contributed by atoms with Crippen LogP contribution in [0.25, 0.3) is 0 Å². The van der Waals surface area contributed by atoms with Gasteiger partial charge in [-0.1, -0.05) is 58.3 Å². The quantitative estimate of drug-likeness (QED) is 0.558. The maximum Gasteiger partial charge on any atom is 0.403 e. The fraction of sp³-hybridized carbons (Fsp3) is 1.00. The second-order valence-corrected chi connectivity index (χ2v) is 4.65. The lowest BCUT2D eigenvalue weighted by atomic mass is 10.0. The largest absolute Gasteiger partial charge is 0.403 e. The molecule has 1 unspecified atom stereocenters. The van der Waals surface area contributed by atoms with E-state index in [4.69, 9.17) is 0 Å². The van der Waals surface area contributed by atoms with Crippen molar-refractivity contribution in [2.45, 2.75) is 76.9 Å². The summed E-state index contributed by atoms with van der Waals surface area (Å²) in [5.74, 6) is 0. The van der Waals surface area contributed by atoms with Crippen molar-refractivity contribution in [2.24, 2.45) is 0 Å². The Bertz CT molecular complexity index is 169. The summed E-state index contributed by atoms with van der Waals surface area (Å²) in [4.78, 5) is 0. The molecule has 0 amide bonds. The van der Waals surface area contributed by atoms with Gasteiger partial charge in [0.1, 0.15) is 6.04 Å². The fourth-order valence-corrected chi connectivity index (χ4v) is 1.95. The molecule has 0 radical (unpaired) electrons. The Morgan fingerprint density at radius 3 is 1.76 bits per heavy atom. The molecule has 17 heavy (non-hydrogen) atoms. The van der Waals surface area contributed by atoms with Crippen LogP contribution in [-0.2, 0) is 0 Å². The third-order valence-corrected chi connectivity index (χ3v) is 3.09. The Morgan fingerprint density at radius 1 is 0.882 bits per heavy atom. The third kappa shape index (κ3) is 9.45. The lowest BCUT2D eigenvalue weighted by Crippen LogP contribution is -2.39. The smallest absolute Gasteiger partial charge is 0.309 e. The first-order valence-corrected chi connectivity index (χ1v) is 6.76. The summed E-state index contributed by atoms with van der Waals surface area (Å²) in [6.45, 7) is 2.18. The van der Waals surface area contributed by atoms with Crippen molar-refractivity contribution in [3.05, 3.63) is 0 Å². The SMILES string of the molecule is CCCCCCCCCCC(NC)C(F)(F)F. The van der Waals surface area contributed by atoms with Crippen LogP contribution < -0.4 is 5.32 Å². The van der Waals surface area contributed by atoms with Crippen molar-refractivity contribution in [1.82, 2.24) is 5.32 Å². The maximum atomic E-state index is 12.4. The average molecular weight is 253 g/mol. The second kappa shape index (κ2) is 9.75. The van der Waals surface area contributed by atoms with Crippen molar-refractivity contribution < 1.29 is 13.2 Å². The van der Waals surface area contributed by atoms with Gasteiger partial charge in [-0.05, 0) is 13.5 Å². The summed E-state index contributed by atoms with van der Waals surface area (Å²) in [7, 11) is 1.38. The van der Waals surface area contributed by atoms with E-state index in [-0.39, 0.29) is 6.42 Å². The van der Waals surface area contributed by atoms with Crippen molar-refractivity contribution in [3.63, 3.8) is 0 Å². The molecule has 0 aliphatic heterocycles. The third-order valence-electron chi connectivity index (χ3n) is 3.09. The molecule has 0 aliphatic rings. The van der Waals surface area contributed by atoms with Crippen LogP contribution in [0.4, 0.5) is 13.2 Å². The van der Waals surface area contributed by atoms with Gasteiger partial charge in [-0.3, -0.25) is 0 Å². The van der Waals surface area contributed by atoms with Gasteiger partial charge in [0, 0.05) is 0 Å². The molecule has 4 heteroatoms. The number of rotatable bonds is 10. The molecule has 0 aromatic carbocycles. The normalized spacial score (nSPS) is 13.9. The monoisotopic (exact) mass is 253 g/mol. The molecule has 0 aliphatic carbocycles. The molecule has 0 aromatic heterocycles. The van der Waals surface area contributed by atoms with Crippen LogP contribution in [0.1, 0.15) is 64.7 Å². The number of hydrogen-bond donors (Lipinski definition) is 1. The molecule has 0 spiro atoms. The highest BCUT2D eigenvalue weighted by Crippen LogP contribution is 2.24. The van der Waals surface area contributed by atoms with Gasteiger partial charge in [0.2, 0.25) is 0 Å². The van der Waals surface area contributed by atoms with E-state index in [1.165, 1.54) is 32.7 Å². The number of hydrogen-bond acceptors (Lipinski definition) is 1. The van der Waals surface area contributed by atoms with E-state index < -0.39 is 12.2 Å². The minimum absolute atomic E-state index is 0.203. The van der Waals surface area contributed by atoms with Gasteiger partial charge >= 0.3 is 6.18 Å². The van der Waals surface area contributed by atoms with Crippen molar-refractivity contribution in [3.8, 4) is 0 Å². The van der Waals surface area contributed by atoms with Gasteiger partial charge in [0.05, 0.1) is 0 Å². The van der Waals surface area contributed by atoms with Crippen LogP contribution in [0.5, 0.6) is 0 Å². The average Bonchev–Trinajstić information content (AvgIpc) is 2.25. The Morgan fingerprint density at radius 2 is 1.35 bits per heavy atom. The molecule has 1 nitrogen and oxygen atoms in total. The summed E-state index contributed by atoms with van der Waals surface area (Å²) >= 11 is 0. The highest BCUT2D eigenvalue weighted by atomic mass is 19.4. The zero-order valence-corrected chi connectivity index (χ0v) is 11.1. The summed E-state index contributed by atoms with van der Waals surface area (Å²) in [5, 5.41) is 2.34. The van der Waals surface area contributed by atoms with E-state index in [0.29, 0.717) is 6.42 Å². The lowest BCUT2D eigenvalue weighted by Gasteiger charge is -2.19. The zero-order valence-electron chi connectivity index (χ0n) is 11.1. The van der Waals surface area contributed by atoms with E-state index in [1.807, 2.05) is 0 Å². The van der Waals surface area contributed by atoms with Gasteiger partial charge in [0.15, 0.2) is 0 Å². The number of halogens is 3. The van der Waals surface area contributed by atoms with Crippen LogP contribution in [0.2, 0.25) is 0 Å². The first-order valence-electron chi connectivity index (χ1n) is 6.76. The van der Waals surface area contributed by atoms with Crippen molar-refractivity contribution in [1.29, 1.82) is 0 Å². The number of unbranched alkanes of at least 4 members (excludes halogenated alkanes) is 7. The molecule has 104 valence electrons. The summed E-state index contributed by atoms with van der Waals surface area (Å²) in [6.07, 6.45) is 4.91. The summed E-state index contributed by atoms with van der Waals surface area (Å²) < 4.78 is 37.1. The Labute approximate surface area is 103 Å². The van der Waals surface area contributed by atoms with Crippen molar-refractivity contribution in [2.75, 3.05) is 7.05 Å².